The Morgan fingerprint density at radius 1 is 1.29 bits per heavy atom. The van der Waals surface area contributed by atoms with E-state index in [0.717, 1.165) is 5.69 Å². The van der Waals surface area contributed by atoms with E-state index in [1.54, 1.807) is 23.7 Å². The highest BCUT2D eigenvalue weighted by atomic mass is 32.1. The van der Waals surface area contributed by atoms with Crippen LogP contribution in [0.5, 0.6) is 0 Å². The maximum atomic E-state index is 12.0. The summed E-state index contributed by atoms with van der Waals surface area (Å²) in [6.45, 7) is 0.392. The second-order valence-corrected chi connectivity index (χ2v) is 5.20. The first-order chi connectivity index (χ1) is 10.2. The Kier molecular flexibility index (Phi) is 3.74. The molecule has 106 valence electrons. The third kappa shape index (κ3) is 2.97. The zero-order chi connectivity index (χ0) is 14.7. The van der Waals surface area contributed by atoms with Gasteiger partial charge >= 0.3 is 0 Å². The van der Waals surface area contributed by atoms with Gasteiger partial charge < -0.3 is 5.32 Å². The molecule has 21 heavy (non-hydrogen) atoms. The van der Waals surface area contributed by atoms with Crippen molar-refractivity contribution in [1.29, 1.82) is 0 Å². The van der Waals surface area contributed by atoms with Crippen LogP contribution in [0.2, 0.25) is 0 Å². The van der Waals surface area contributed by atoms with Gasteiger partial charge in [-0.2, -0.15) is 5.10 Å². The van der Waals surface area contributed by atoms with E-state index in [9.17, 15) is 9.59 Å². The van der Waals surface area contributed by atoms with Gasteiger partial charge in [-0.3, -0.25) is 9.59 Å². The quantitative estimate of drug-likeness (QED) is 0.759. The molecular weight excluding hydrogens is 288 g/mol. The fraction of sp³-hybridized carbons (Fsp3) is 0.143. The number of carbonyl (C=O) groups is 1. The van der Waals surface area contributed by atoms with Crippen molar-refractivity contribution in [2.24, 2.45) is 0 Å². The number of aromatic nitrogens is 3. The SMILES string of the molecule is O=C(Cc1n[nH]c(=O)c2ccccc12)NCc1cscn1. The van der Waals surface area contributed by atoms with Gasteiger partial charge in [-0.1, -0.05) is 18.2 Å². The van der Waals surface area contributed by atoms with E-state index in [0.29, 0.717) is 23.0 Å². The lowest BCUT2D eigenvalue weighted by atomic mass is 10.1. The summed E-state index contributed by atoms with van der Waals surface area (Å²) in [5.41, 5.74) is 2.85. The van der Waals surface area contributed by atoms with Crippen molar-refractivity contribution in [3.05, 3.63) is 56.9 Å². The predicted molar refractivity (Wildman–Crippen MR) is 80.0 cm³/mol. The summed E-state index contributed by atoms with van der Waals surface area (Å²) >= 11 is 1.48. The van der Waals surface area contributed by atoms with Gasteiger partial charge in [0.1, 0.15) is 0 Å². The fourth-order valence-corrected chi connectivity index (χ4v) is 2.59. The number of aromatic amines is 1. The van der Waals surface area contributed by atoms with Crippen molar-refractivity contribution < 1.29 is 4.79 Å². The van der Waals surface area contributed by atoms with Crippen LogP contribution < -0.4 is 10.9 Å². The fourth-order valence-electron chi connectivity index (χ4n) is 2.03. The first kappa shape index (κ1) is 13.4. The van der Waals surface area contributed by atoms with Crippen molar-refractivity contribution in [3.63, 3.8) is 0 Å². The number of nitrogens with zero attached hydrogens (tertiary/aromatic N) is 2. The van der Waals surface area contributed by atoms with E-state index in [1.807, 2.05) is 11.4 Å². The van der Waals surface area contributed by atoms with Crippen molar-refractivity contribution in [2.75, 3.05) is 0 Å². The summed E-state index contributed by atoms with van der Waals surface area (Å²) in [4.78, 5) is 27.7. The molecule has 0 aliphatic heterocycles. The molecule has 2 aromatic heterocycles. The zero-order valence-corrected chi connectivity index (χ0v) is 11.8. The minimum absolute atomic E-state index is 0.113. The Bertz CT molecular complexity index is 826. The zero-order valence-electron chi connectivity index (χ0n) is 11.0. The number of nitrogens with one attached hydrogen (secondary N) is 2. The van der Waals surface area contributed by atoms with Gasteiger partial charge in [0.05, 0.1) is 35.3 Å². The van der Waals surface area contributed by atoms with E-state index in [4.69, 9.17) is 0 Å². The first-order valence-corrected chi connectivity index (χ1v) is 7.28. The van der Waals surface area contributed by atoms with Crippen molar-refractivity contribution in [1.82, 2.24) is 20.5 Å². The molecule has 3 rings (SSSR count). The minimum atomic E-state index is -0.253. The van der Waals surface area contributed by atoms with Crippen molar-refractivity contribution in [3.8, 4) is 0 Å². The summed E-state index contributed by atoms with van der Waals surface area (Å²) in [5, 5.41) is 12.3. The number of amides is 1. The molecule has 7 heteroatoms. The normalized spacial score (nSPS) is 10.7. The van der Waals surface area contributed by atoms with Crippen LogP contribution >= 0.6 is 11.3 Å². The molecule has 0 atom stereocenters. The molecule has 0 aliphatic rings. The largest absolute Gasteiger partial charge is 0.350 e. The Hall–Kier alpha value is -2.54. The Balaban J connectivity index is 1.77. The highest BCUT2D eigenvalue weighted by molar-refractivity contribution is 7.07. The topological polar surface area (TPSA) is 87.7 Å². The lowest BCUT2D eigenvalue weighted by Crippen LogP contribution is -2.26. The van der Waals surface area contributed by atoms with Gasteiger partial charge in [-0.15, -0.1) is 11.3 Å². The van der Waals surface area contributed by atoms with Crippen LogP contribution in [0.3, 0.4) is 0 Å². The minimum Gasteiger partial charge on any atom is -0.350 e. The number of carbonyl (C=O) groups excluding carboxylic acids is 1. The summed E-state index contributed by atoms with van der Waals surface area (Å²) in [6.07, 6.45) is 0.113. The molecule has 6 nitrogen and oxygen atoms in total. The van der Waals surface area contributed by atoms with E-state index in [-0.39, 0.29) is 17.9 Å². The number of rotatable bonds is 4. The summed E-state index contributed by atoms with van der Waals surface area (Å²) < 4.78 is 0. The van der Waals surface area contributed by atoms with E-state index >= 15 is 0 Å². The summed E-state index contributed by atoms with van der Waals surface area (Å²) in [5.74, 6) is -0.160. The lowest BCUT2D eigenvalue weighted by Gasteiger charge is -2.05. The Morgan fingerprint density at radius 2 is 2.10 bits per heavy atom. The number of benzene rings is 1. The van der Waals surface area contributed by atoms with Crippen LogP contribution in [0.15, 0.2) is 40.0 Å². The Morgan fingerprint density at radius 3 is 2.86 bits per heavy atom. The number of fused-ring (bicyclic) bond motifs is 1. The van der Waals surface area contributed by atoms with Crippen molar-refractivity contribution >= 4 is 28.0 Å². The summed E-state index contributed by atoms with van der Waals surface area (Å²) in [6, 6.07) is 7.11. The maximum Gasteiger partial charge on any atom is 0.272 e. The number of hydrogen-bond donors (Lipinski definition) is 2. The average molecular weight is 300 g/mol. The van der Waals surface area contributed by atoms with Crippen molar-refractivity contribution in [2.45, 2.75) is 13.0 Å². The number of H-pyrrole nitrogens is 1. The monoisotopic (exact) mass is 300 g/mol. The van der Waals surface area contributed by atoms with E-state index < -0.39 is 0 Å². The van der Waals surface area contributed by atoms with Gasteiger partial charge in [0.15, 0.2) is 0 Å². The van der Waals surface area contributed by atoms with Gasteiger partial charge in [-0.25, -0.2) is 10.1 Å². The molecule has 2 heterocycles. The van der Waals surface area contributed by atoms with E-state index in [2.05, 4.69) is 20.5 Å². The number of hydrogen-bond acceptors (Lipinski definition) is 5. The Labute approximate surface area is 123 Å². The molecule has 0 fully saturated rings. The average Bonchev–Trinajstić information content (AvgIpc) is 3.02. The highest BCUT2D eigenvalue weighted by Crippen LogP contribution is 2.12. The molecule has 0 spiro atoms. The van der Waals surface area contributed by atoms with Gasteiger partial charge in [-0.05, 0) is 6.07 Å². The first-order valence-electron chi connectivity index (χ1n) is 6.34. The van der Waals surface area contributed by atoms with Crippen LogP contribution in [0.1, 0.15) is 11.4 Å². The summed E-state index contributed by atoms with van der Waals surface area (Å²) in [7, 11) is 0. The molecule has 0 bridgehead atoms. The third-order valence-electron chi connectivity index (χ3n) is 3.05. The molecular formula is C14H12N4O2S. The molecule has 0 saturated carbocycles. The molecule has 1 amide bonds. The molecule has 2 N–H and O–H groups in total. The van der Waals surface area contributed by atoms with E-state index in [1.165, 1.54) is 11.3 Å². The van der Waals surface area contributed by atoms with Crippen LogP contribution in [-0.4, -0.2) is 21.1 Å². The second-order valence-electron chi connectivity index (χ2n) is 4.48. The predicted octanol–water partition coefficient (Wildman–Crippen LogP) is 1.24. The molecule has 0 unspecified atom stereocenters. The smallest absolute Gasteiger partial charge is 0.272 e. The number of thiazole rings is 1. The van der Waals surface area contributed by atoms with Crippen LogP contribution in [-0.2, 0) is 17.8 Å². The van der Waals surface area contributed by atoms with Crippen LogP contribution in [0.4, 0.5) is 0 Å². The van der Waals surface area contributed by atoms with Gasteiger partial charge in [0.25, 0.3) is 5.56 Å². The lowest BCUT2D eigenvalue weighted by molar-refractivity contribution is -0.120. The maximum absolute atomic E-state index is 12.0. The highest BCUT2D eigenvalue weighted by Gasteiger charge is 2.10. The van der Waals surface area contributed by atoms with Gasteiger partial charge in [0.2, 0.25) is 5.91 Å². The van der Waals surface area contributed by atoms with Crippen LogP contribution in [0, 0.1) is 0 Å². The second kappa shape index (κ2) is 5.84. The molecule has 3 aromatic rings. The molecule has 0 saturated heterocycles. The molecule has 1 aromatic carbocycles. The van der Waals surface area contributed by atoms with Crippen LogP contribution in [0.25, 0.3) is 10.8 Å². The molecule has 0 aliphatic carbocycles. The van der Waals surface area contributed by atoms with Gasteiger partial charge in [0, 0.05) is 10.8 Å². The standard InChI is InChI=1S/C14H12N4O2S/c19-13(15-6-9-7-21-8-16-9)5-12-10-3-1-2-4-11(10)14(20)18-17-12/h1-4,7-8H,5-6H2,(H,15,19)(H,18,20). The molecule has 0 radical (unpaired) electrons. The third-order valence-corrected chi connectivity index (χ3v) is 3.69.